The first kappa shape index (κ1) is 8.27. The van der Waals surface area contributed by atoms with E-state index in [1.54, 1.807) is 6.07 Å². The second-order valence-corrected chi connectivity index (χ2v) is 2.20. The van der Waals surface area contributed by atoms with Crippen LogP contribution in [0.3, 0.4) is 0 Å². The topological polar surface area (TPSA) is 79.2 Å². The number of nitroso groups, excluding NO2 is 1. The molecule has 1 rings (SSSR count). The van der Waals surface area contributed by atoms with E-state index in [-0.39, 0.29) is 22.4 Å². The van der Waals surface area contributed by atoms with Crippen LogP contribution in [0, 0.1) is 16.2 Å². The number of benzene rings is 1. The summed E-state index contributed by atoms with van der Waals surface area (Å²) in [6, 6.07) is 4.42. The zero-order chi connectivity index (χ0) is 9.14. The fourth-order valence-electron chi connectivity index (χ4n) is 0.805. The van der Waals surface area contributed by atoms with Crippen LogP contribution in [-0.2, 0) is 0 Å². The number of nitrogen functional groups attached to an aromatic ring is 1. The number of rotatable bonds is 1. The molecule has 0 heterocycles. The van der Waals surface area contributed by atoms with Gasteiger partial charge in [-0.15, -0.1) is 4.91 Å². The first-order chi connectivity index (χ1) is 5.69. The van der Waals surface area contributed by atoms with Crippen molar-refractivity contribution < 1.29 is 0 Å². The Kier molecular flexibility index (Phi) is 2.10. The summed E-state index contributed by atoms with van der Waals surface area (Å²) in [6.07, 6.45) is 0. The van der Waals surface area contributed by atoms with Crippen molar-refractivity contribution in [1.29, 1.82) is 5.26 Å². The average Bonchev–Trinajstić information content (AvgIpc) is 2.09. The van der Waals surface area contributed by atoms with Gasteiger partial charge in [0, 0.05) is 5.69 Å². The molecule has 2 radical (unpaired) electrons. The van der Waals surface area contributed by atoms with Gasteiger partial charge >= 0.3 is 0 Å². The predicted molar refractivity (Wildman–Crippen MR) is 46.4 cm³/mol. The third-order valence-corrected chi connectivity index (χ3v) is 1.42. The predicted octanol–water partition coefficient (Wildman–Crippen LogP) is 0.332. The first-order valence-corrected chi connectivity index (χ1v) is 3.11. The highest BCUT2D eigenvalue weighted by atomic mass is 16.3. The second kappa shape index (κ2) is 3.05. The van der Waals surface area contributed by atoms with E-state index in [1.165, 1.54) is 12.1 Å². The first-order valence-electron chi connectivity index (χ1n) is 3.11. The maximum absolute atomic E-state index is 10.1. The summed E-state index contributed by atoms with van der Waals surface area (Å²) in [7, 11) is 5.40. The van der Waals surface area contributed by atoms with E-state index in [2.05, 4.69) is 5.18 Å². The Morgan fingerprint density at radius 1 is 1.58 bits per heavy atom. The van der Waals surface area contributed by atoms with Crippen LogP contribution in [0.2, 0.25) is 0 Å². The van der Waals surface area contributed by atoms with Gasteiger partial charge in [0.25, 0.3) is 0 Å². The number of nitrogens with zero attached hydrogens (tertiary/aromatic N) is 2. The van der Waals surface area contributed by atoms with Gasteiger partial charge in [-0.1, -0.05) is 5.46 Å². The van der Waals surface area contributed by atoms with Crippen LogP contribution in [0.25, 0.3) is 0 Å². The van der Waals surface area contributed by atoms with E-state index < -0.39 is 0 Å². The largest absolute Gasteiger partial charge is 0.398 e. The van der Waals surface area contributed by atoms with E-state index in [0.29, 0.717) is 0 Å². The Morgan fingerprint density at radius 2 is 2.25 bits per heavy atom. The zero-order valence-corrected chi connectivity index (χ0v) is 6.11. The zero-order valence-electron chi connectivity index (χ0n) is 6.11. The minimum absolute atomic E-state index is 0.109. The molecular formula is C7H4BN3O. The van der Waals surface area contributed by atoms with Gasteiger partial charge < -0.3 is 5.73 Å². The fourth-order valence-corrected chi connectivity index (χ4v) is 0.805. The van der Waals surface area contributed by atoms with Crippen molar-refractivity contribution in [3.63, 3.8) is 0 Å². The van der Waals surface area contributed by atoms with Gasteiger partial charge in [-0.25, -0.2) is 0 Å². The number of nitrogens with two attached hydrogens (primary N) is 1. The quantitative estimate of drug-likeness (QED) is 0.362. The molecule has 0 spiro atoms. The molecule has 12 heavy (non-hydrogen) atoms. The lowest BCUT2D eigenvalue weighted by Crippen LogP contribution is -2.10. The summed E-state index contributed by atoms with van der Waals surface area (Å²) >= 11 is 0. The lowest BCUT2D eigenvalue weighted by molar-refractivity contribution is 1.46. The lowest BCUT2D eigenvalue weighted by Gasteiger charge is -2.01. The average molecular weight is 157 g/mol. The van der Waals surface area contributed by atoms with Crippen molar-refractivity contribution in [2.75, 3.05) is 5.73 Å². The summed E-state index contributed by atoms with van der Waals surface area (Å²) in [5.74, 6) is 0. The Hall–Kier alpha value is -1.83. The van der Waals surface area contributed by atoms with Gasteiger partial charge in [-0.3, -0.25) is 0 Å². The van der Waals surface area contributed by atoms with Crippen molar-refractivity contribution in [2.45, 2.75) is 0 Å². The summed E-state index contributed by atoms with van der Waals surface area (Å²) in [5.41, 5.74) is 6.09. The molecule has 5 heteroatoms. The monoisotopic (exact) mass is 157 g/mol. The Labute approximate surface area is 70.4 Å². The smallest absolute Gasteiger partial charge is 0.116 e. The summed E-state index contributed by atoms with van der Waals surface area (Å²) in [6.45, 7) is 0. The SMILES string of the molecule is [B]c1cc(N=O)cc(C#N)c1N. The standard InChI is InChI=1S/C7H4BN3O/c8-6-2-5(11-12)1-4(3-9)7(6)10/h1-2H,10H2. The van der Waals surface area contributed by atoms with E-state index in [1.807, 2.05) is 0 Å². The van der Waals surface area contributed by atoms with Crippen LogP contribution in [-0.4, -0.2) is 7.85 Å². The molecule has 0 unspecified atom stereocenters. The maximum atomic E-state index is 10.1. The van der Waals surface area contributed by atoms with E-state index in [4.69, 9.17) is 18.8 Å². The van der Waals surface area contributed by atoms with Gasteiger partial charge in [0.05, 0.1) is 5.56 Å². The second-order valence-electron chi connectivity index (χ2n) is 2.20. The number of anilines is 1. The molecule has 1 aromatic carbocycles. The van der Waals surface area contributed by atoms with E-state index >= 15 is 0 Å². The molecule has 0 atom stereocenters. The van der Waals surface area contributed by atoms with Gasteiger partial charge in [0.2, 0.25) is 0 Å². The highest BCUT2D eigenvalue weighted by Gasteiger charge is 2.03. The Bertz CT molecular complexity index is 370. The lowest BCUT2D eigenvalue weighted by atomic mass is 9.91. The van der Waals surface area contributed by atoms with E-state index in [9.17, 15) is 4.91 Å². The van der Waals surface area contributed by atoms with E-state index in [0.717, 1.165) is 0 Å². The molecule has 0 aliphatic carbocycles. The molecule has 0 aromatic heterocycles. The number of hydrogen-bond donors (Lipinski definition) is 1. The number of nitriles is 1. The molecule has 2 N–H and O–H groups in total. The number of hydrogen-bond acceptors (Lipinski definition) is 4. The molecule has 0 fully saturated rings. The molecular weight excluding hydrogens is 153 g/mol. The van der Waals surface area contributed by atoms with Crippen LogP contribution in [0.15, 0.2) is 17.3 Å². The van der Waals surface area contributed by atoms with Crippen LogP contribution in [0.4, 0.5) is 11.4 Å². The molecule has 1 aromatic rings. The highest BCUT2D eigenvalue weighted by Crippen LogP contribution is 2.16. The van der Waals surface area contributed by atoms with Crippen molar-refractivity contribution in [3.8, 4) is 6.07 Å². The Morgan fingerprint density at radius 3 is 2.75 bits per heavy atom. The third-order valence-electron chi connectivity index (χ3n) is 1.42. The van der Waals surface area contributed by atoms with Crippen molar-refractivity contribution in [1.82, 2.24) is 0 Å². The van der Waals surface area contributed by atoms with Gasteiger partial charge in [0.15, 0.2) is 0 Å². The van der Waals surface area contributed by atoms with Crippen LogP contribution >= 0.6 is 0 Å². The summed E-state index contributed by atoms with van der Waals surface area (Å²) < 4.78 is 0. The summed E-state index contributed by atoms with van der Waals surface area (Å²) in [5, 5.41) is 11.2. The minimum atomic E-state index is 0.109. The minimum Gasteiger partial charge on any atom is -0.398 e. The molecule has 4 nitrogen and oxygen atoms in total. The van der Waals surface area contributed by atoms with Crippen LogP contribution in [0.1, 0.15) is 5.56 Å². The normalized spacial score (nSPS) is 8.92. The molecule has 0 amide bonds. The molecule has 56 valence electrons. The molecule has 0 bridgehead atoms. The molecule has 0 aliphatic heterocycles. The molecule has 0 saturated carbocycles. The third kappa shape index (κ3) is 1.27. The van der Waals surface area contributed by atoms with Gasteiger partial charge in [-0.05, 0) is 17.3 Å². The van der Waals surface area contributed by atoms with Gasteiger partial charge in [0.1, 0.15) is 19.6 Å². The Balaban J connectivity index is 3.41. The highest BCUT2D eigenvalue weighted by molar-refractivity contribution is 6.36. The van der Waals surface area contributed by atoms with Crippen molar-refractivity contribution >= 4 is 24.7 Å². The van der Waals surface area contributed by atoms with Crippen LogP contribution < -0.4 is 11.2 Å². The maximum Gasteiger partial charge on any atom is 0.116 e. The van der Waals surface area contributed by atoms with Crippen molar-refractivity contribution in [2.24, 2.45) is 5.18 Å². The molecule has 0 aliphatic rings. The van der Waals surface area contributed by atoms with Crippen molar-refractivity contribution in [3.05, 3.63) is 22.6 Å². The summed E-state index contributed by atoms with van der Waals surface area (Å²) in [4.78, 5) is 10.1. The molecule has 0 saturated heterocycles. The fraction of sp³-hybridized carbons (Fsp3) is 0. The van der Waals surface area contributed by atoms with Gasteiger partial charge in [-0.2, -0.15) is 5.26 Å². The van der Waals surface area contributed by atoms with Crippen LogP contribution in [0.5, 0.6) is 0 Å².